The van der Waals surface area contributed by atoms with Crippen molar-refractivity contribution in [2.75, 3.05) is 18.3 Å². The minimum Gasteiger partial charge on any atom is -0.543 e. The summed E-state index contributed by atoms with van der Waals surface area (Å²) in [6, 6.07) is 2.77. The van der Waals surface area contributed by atoms with Crippen LogP contribution in [0, 0.1) is 0 Å². The number of hydrogen-bond acceptors (Lipinski definition) is 10. The van der Waals surface area contributed by atoms with Gasteiger partial charge in [-0.1, -0.05) is 5.16 Å². The zero-order chi connectivity index (χ0) is 25.4. The van der Waals surface area contributed by atoms with Gasteiger partial charge in [-0.2, -0.15) is 4.57 Å². The Morgan fingerprint density at radius 2 is 2.25 bits per heavy atom. The second-order valence-corrected chi connectivity index (χ2v) is 9.78. The van der Waals surface area contributed by atoms with Crippen molar-refractivity contribution >= 4 is 57.2 Å². The summed E-state index contributed by atoms with van der Waals surface area (Å²) in [5, 5.41) is 18.9. The van der Waals surface area contributed by atoms with Gasteiger partial charge in [-0.15, -0.1) is 23.1 Å². The highest BCUT2D eigenvalue weighted by atomic mass is 32.2. The van der Waals surface area contributed by atoms with E-state index in [1.54, 1.807) is 6.20 Å². The van der Waals surface area contributed by atoms with Gasteiger partial charge in [0.05, 0.1) is 17.9 Å². The molecule has 0 aliphatic carbocycles. The number of nitrogens with zero attached hydrogens (tertiary/aromatic N) is 5. The Balaban J connectivity index is 1.35. The maximum absolute atomic E-state index is 13.0. The fourth-order valence-electron chi connectivity index (χ4n) is 4.03. The number of thioether (sulfide) groups is 1. The van der Waals surface area contributed by atoms with Crippen molar-refractivity contribution in [1.82, 2.24) is 19.6 Å². The summed E-state index contributed by atoms with van der Waals surface area (Å²) in [5.41, 5.74) is 6.51. The minimum atomic E-state index is -1.48. The van der Waals surface area contributed by atoms with Gasteiger partial charge >= 0.3 is 0 Å². The molecule has 0 radical (unpaired) electrons. The maximum atomic E-state index is 13.0. The molecule has 1 fully saturated rings. The number of aromatic nitrogens is 3. The summed E-state index contributed by atoms with van der Waals surface area (Å²) >= 11 is 2.35. The van der Waals surface area contributed by atoms with E-state index in [4.69, 9.17) is 5.73 Å². The highest BCUT2D eigenvalue weighted by molar-refractivity contribution is 8.00. The Hall–Kier alpha value is -3.98. The summed E-state index contributed by atoms with van der Waals surface area (Å²) in [4.78, 5) is 47.3. The van der Waals surface area contributed by atoms with E-state index in [1.807, 2.05) is 39.7 Å². The van der Waals surface area contributed by atoms with Crippen LogP contribution in [0.1, 0.15) is 5.69 Å². The number of thiazole rings is 1. The minimum absolute atomic E-state index is 0.0537. The molecule has 5 rings (SSSR count). The topological polar surface area (TPSA) is 158 Å². The number of hydrogen-bond donors (Lipinski definition) is 2. The van der Waals surface area contributed by atoms with Crippen molar-refractivity contribution in [3.05, 3.63) is 59.3 Å². The molecular weight excluding hydrogens is 513 g/mol. The van der Waals surface area contributed by atoms with Crippen molar-refractivity contribution in [1.29, 1.82) is 0 Å². The number of oxime groups is 1. The summed E-state index contributed by atoms with van der Waals surface area (Å²) in [6.45, 7) is -1.03. The Kier molecular flexibility index (Phi) is 6.32. The number of nitrogens with two attached hydrogens (primary N) is 1. The van der Waals surface area contributed by atoms with Crippen LogP contribution in [-0.2, 0) is 25.8 Å². The third kappa shape index (κ3) is 4.26. The number of fused-ring (bicyclic) bond motifs is 2. The average molecular weight is 532 g/mol. The van der Waals surface area contributed by atoms with Crippen molar-refractivity contribution < 1.29 is 33.3 Å². The van der Waals surface area contributed by atoms with E-state index in [-0.39, 0.29) is 28.8 Å². The molecule has 186 valence electrons. The van der Waals surface area contributed by atoms with Crippen molar-refractivity contribution in [2.45, 2.75) is 18.0 Å². The third-order valence-corrected chi connectivity index (χ3v) is 7.63. The van der Waals surface area contributed by atoms with Crippen molar-refractivity contribution in [2.24, 2.45) is 5.16 Å². The zero-order valence-electron chi connectivity index (χ0n) is 18.4. The largest absolute Gasteiger partial charge is 0.543 e. The molecule has 2 atom stereocenters. The predicted octanol–water partition coefficient (Wildman–Crippen LogP) is -0.983. The fourth-order valence-corrected chi connectivity index (χ4v) is 5.92. The number of halogens is 1. The summed E-state index contributed by atoms with van der Waals surface area (Å²) in [5.74, 6) is -2.63. The van der Waals surface area contributed by atoms with Crippen molar-refractivity contribution in [3.63, 3.8) is 0 Å². The molecule has 0 bridgehead atoms. The van der Waals surface area contributed by atoms with Crippen LogP contribution in [0.25, 0.3) is 5.52 Å². The quantitative estimate of drug-likeness (QED) is 0.162. The number of carbonyl (C=O) groups excluding carboxylic acids is 3. The number of aliphatic carboxylic acids is 1. The zero-order valence-corrected chi connectivity index (χ0v) is 20.0. The van der Waals surface area contributed by atoms with Gasteiger partial charge < -0.3 is 30.2 Å². The predicted molar refractivity (Wildman–Crippen MR) is 125 cm³/mol. The van der Waals surface area contributed by atoms with E-state index >= 15 is 0 Å². The second kappa shape index (κ2) is 9.58. The van der Waals surface area contributed by atoms with Gasteiger partial charge in [0.2, 0.25) is 0 Å². The smallest absolute Gasteiger partial charge is 0.276 e. The Morgan fingerprint density at radius 1 is 1.42 bits per heavy atom. The lowest BCUT2D eigenvalue weighted by molar-refractivity contribution is -0.688. The number of alkyl halides is 1. The lowest BCUT2D eigenvalue weighted by Crippen LogP contribution is -2.71. The highest BCUT2D eigenvalue weighted by Gasteiger charge is 2.53. The molecule has 0 saturated carbocycles. The highest BCUT2D eigenvalue weighted by Crippen LogP contribution is 2.40. The Labute approximate surface area is 210 Å². The van der Waals surface area contributed by atoms with Gasteiger partial charge in [0.25, 0.3) is 18.7 Å². The second-order valence-electron chi connectivity index (χ2n) is 7.79. The van der Waals surface area contributed by atoms with E-state index < -0.39 is 36.1 Å². The normalized spacial score (nSPS) is 19.8. The van der Waals surface area contributed by atoms with E-state index in [2.05, 4.69) is 20.3 Å². The van der Waals surface area contributed by atoms with E-state index in [0.29, 0.717) is 11.3 Å². The number of amides is 2. The van der Waals surface area contributed by atoms with Crippen LogP contribution in [0.15, 0.2) is 58.7 Å². The van der Waals surface area contributed by atoms with E-state index in [0.717, 1.165) is 21.8 Å². The summed E-state index contributed by atoms with van der Waals surface area (Å²) in [6.07, 6.45) is 7.40. The number of carboxylic acid groups (broad SMARTS) is 1. The van der Waals surface area contributed by atoms with Gasteiger partial charge in [0, 0.05) is 22.9 Å². The molecule has 2 aliphatic heterocycles. The number of nitrogen functional groups attached to an aromatic ring is 1. The molecule has 0 spiro atoms. The van der Waals surface area contributed by atoms with Gasteiger partial charge in [-0.25, -0.2) is 9.37 Å². The molecule has 0 aromatic carbocycles. The molecule has 2 amide bonds. The number of anilines is 1. The first-order valence-electron chi connectivity index (χ1n) is 10.5. The molecule has 1 saturated heterocycles. The molecule has 0 unspecified atom stereocenters. The lowest BCUT2D eigenvalue weighted by atomic mass is 10.0. The van der Waals surface area contributed by atoms with Crippen LogP contribution in [0.2, 0.25) is 0 Å². The summed E-state index contributed by atoms with van der Waals surface area (Å²) in [7, 11) is 0. The number of nitrogens with one attached hydrogen (secondary N) is 1. The Morgan fingerprint density at radius 3 is 2.97 bits per heavy atom. The van der Waals surface area contributed by atoms with Crippen LogP contribution in [0.3, 0.4) is 0 Å². The maximum Gasteiger partial charge on any atom is 0.276 e. The van der Waals surface area contributed by atoms with Crippen LogP contribution in [0.4, 0.5) is 9.52 Å². The van der Waals surface area contributed by atoms with Crippen LogP contribution in [-0.4, -0.2) is 61.8 Å². The van der Waals surface area contributed by atoms with Gasteiger partial charge in [0.15, 0.2) is 29.8 Å². The standard InChI is InChI=1S/C21H18FN7O5S2/c22-10-34-26-14(13-9-36-21(23)24-13)17(30)25-15-18(31)29-16(20(32)33)11(8-35-19(15)29)6-27-4-5-28-3-1-2-12(28)7-27/h1-5,7,9,15,19H,6,8,10H2,(H3-,23,24,25,30,32,33)/b26-14-/t15-,19+/m1/s1. The molecule has 15 heteroatoms. The SMILES string of the molecule is Nc1nc(/C(=N/OCF)C(=O)N[C@@H]2C(=O)N3C(C(=O)[O-])=C(C[n+]4ccn5cccc5c4)CS[C@@H]23)cs1. The van der Waals surface area contributed by atoms with Crippen molar-refractivity contribution in [3.8, 4) is 0 Å². The first kappa shape index (κ1) is 23.7. The summed E-state index contributed by atoms with van der Waals surface area (Å²) < 4.78 is 16.2. The lowest BCUT2D eigenvalue weighted by Gasteiger charge is -2.50. The number of β-lactam (4-membered cyclic amide) rings is 1. The molecular formula is C21H18FN7O5S2. The van der Waals surface area contributed by atoms with Gasteiger partial charge in [-0.05, 0) is 12.1 Å². The molecule has 3 aromatic rings. The molecule has 12 nitrogen and oxygen atoms in total. The monoisotopic (exact) mass is 531 g/mol. The molecule has 5 heterocycles. The molecule has 36 heavy (non-hydrogen) atoms. The van der Waals surface area contributed by atoms with Crippen LogP contribution in [0.5, 0.6) is 0 Å². The molecule has 3 N–H and O–H groups in total. The number of carbonyl (C=O) groups is 3. The van der Waals surface area contributed by atoms with E-state index in [9.17, 15) is 23.9 Å². The average Bonchev–Trinajstić information content (AvgIpc) is 3.50. The molecule has 3 aromatic heterocycles. The third-order valence-electron chi connectivity index (χ3n) is 5.61. The fraction of sp³-hybridized carbons (Fsp3) is 0.238. The molecule has 2 aliphatic rings. The van der Waals surface area contributed by atoms with Gasteiger partial charge in [0.1, 0.15) is 22.6 Å². The van der Waals surface area contributed by atoms with E-state index in [1.165, 1.54) is 17.1 Å². The number of rotatable bonds is 8. The first-order valence-corrected chi connectivity index (χ1v) is 12.4. The van der Waals surface area contributed by atoms with Crippen LogP contribution < -0.4 is 20.7 Å². The van der Waals surface area contributed by atoms with Crippen LogP contribution >= 0.6 is 23.1 Å². The van der Waals surface area contributed by atoms with Gasteiger partial charge in [-0.3, -0.25) is 14.5 Å². The first-order chi connectivity index (χ1) is 17.4. The Bertz CT molecular complexity index is 1430. The number of carboxylic acids is 1.